The number of nitriles is 1. The molecule has 0 saturated heterocycles. The van der Waals surface area contributed by atoms with E-state index in [1.54, 1.807) is 6.07 Å². The van der Waals surface area contributed by atoms with Crippen LogP contribution in [-0.2, 0) is 4.79 Å². The Morgan fingerprint density at radius 3 is 3.00 bits per heavy atom. The highest BCUT2D eigenvalue weighted by molar-refractivity contribution is 8.01. The Bertz CT molecular complexity index is 649. The number of hydrogen-bond donors (Lipinski definition) is 2. The second kappa shape index (κ2) is 6.88. The van der Waals surface area contributed by atoms with Gasteiger partial charge in [-0.15, -0.1) is 10.2 Å². The summed E-state index contributed by atoms with van der Waals surface area (Å²) >= 11 is 2.73. The molecule has 0 unspecified atom stereocenters. The normalized spacial score (nSPS) is 9.80. The number of nitrogens with one attached hydrogen (secondary N) is 2. The molecule has 1 heterocycles. The molecule has 20 heavy (non-hydrogen) atoms. The summed E-state index contributed by atoms with van der Waals surface area (Å²) in [7, 11) is 0. The summed E-state index contributed by atoms with van der Waals surface area (Å²) in [4.78, 5) is 11.0. The zero-order valence-electron chi connectivity index (χ0n) is 10.6. The van der Waals surface area contributed by atoms with E-state index in [1.807, 2.05) is 24.3 Å². The first-order chi connectivity index (χ1) is 9.67. The number of hydrogen-bond acceptors (Lipinski definition) is 7. The molecule has 0 fully saturated rings. The summed E-state index contributed by atoms with van der Waals surface area (Å²) in [5, 5.41) is 22.9. The van der Waals surface area contributed by atoms with E-state index in [0.29, 0.717) is 16.6 Å². The summed E-state index contributed by atoms with van der Waals surface area (Å²) in [6, 6.07) is 9.36. The topological polar surface area (TPSA) is 90.7 Å². The molecule has 0 aliphatic heterocycles. The number of thioether (sulfide) groups is 1. The SMILES string of the molecule is CC(=O)Nc1cccc(Nc2nnc(SCC#N)s2)c1. The number of rotatable bonds is 5. The number of nitrogens with zero attached hydrogens (tertiary/aromatic N) is 3. The smallest absolute Gasteiger partial charge is 0.221 e. The van der Waals surface area contributed by atoms with Crippen molar-refractivity contribution in [1.29, 1.82) is 5.26 Å². The van der Waals surface area contributed by atoms with E-state index in [1.165, 1.54) is 30.0 Å². The van der Waals surface area contributed by atoms with E-state index >= 15 is 0 Å². The molecule has 2 rings (SSSR count). The Labute approximate surface area is 124 Å². The average molecular weight is 305 g/mol. The lowest BCUT2D eigenvalue weighted by Gasteiger charge is -2.05. The van der Waals surface area contributed by atoms with Crippen LogP contribution in [0.2, 0.25) is 0 Å². The molecule has 102 valence electrons. The molecule has 0 saturated carbocycles. The standard InChI is InChI=1S/C12H11N5OS2/c1-8(18)14-9-3-2-4-10(7-9)15-11-16-17-12(20-11)19-6-5-13/h2-4,7H,6H2,1H3,(H,14,18)(H,15,16). The average Bonchev–Trinajstić information content (AvgIpc) is 2.83. The van der Waals surface area contributed by atoms with Gasteiger partial charge in [0.2, 0.25) is 11.0 Å². The fourth-order valence-electron chi connectivity index (χ4n) is 1.41. The molecule has 0 spiro atoms. The molecular weight excluding hydrogens is 294 g/mol. The van der Waals surface area contributed by atoms with Gasteiger partial charge in [0, 0.05) is 18.3 Å². The van der Waals surface area contributed by atoms with E-state index in [4.69, 9.17) is 5.26 Å². The molecule has 2 N–H and O–H groups in total. The molecule has 0 radical (unpaired) electrons. The van der Waals surface area contributed by atoms with Crippen molar-refractivity contribution in [3.8, 4) is 6.07 Å². The summed E-state index contributed by atoms with van der Waals surface area (Å²) < 4.78 is 0.743. The third kappa shape index (κ3) is 4.22. The van der Waals surface area contributed by atoms with Gasteiger partial charge in [0.05, 0.1) is 11.8 Å². The molecular formula is C12H11N5OS2. The van der Waals surface area contributed by atoms with Crippen molar-refractivity contribution < 1.29 is 4.79 Å². The Kier molecular flexibility index (Phi) is 4.92. The Balaban J connectivity index is 2.04. The van der Waals surface area contributed by atoms with Crippen LogP contribution in [0.1, 0.15) is 6.92 Å². The van der Waals surface area contributed by atoms with E-state index in [0.717, 1.165) is 10.0 Å². The van der Waals surface area contributed by atoms with Crippen LogP contribution in [0.5, 0.6) is 0 Å². The second-order valence-corrected chi connectivity index (χ2v) is 5.91. The molecule has 8 heteroatoms. The van der Waals surface area contributed by atoms with Crippen molar-refractivity contribution in [2.45, 2.75) is 11.3 Å². The lowest BCUT2D eigenvalue weighted by Crippen LogP contribution is -2.05. The van der Waals surface area contributed by atoms with Crippen LogP contribution in [0.25, 0.3) is 0 Å². The molecule has 1 aromatic heterocycles. The van der Waals surface area contributed by atoms with Gasteiger partial charge in [-0.05, 0) is 18.2 Å². The maximum absolute atomic E-state index is 11.0. The maximum atomic E-state index is 11.0. The van der Waals surface area contributed by atoms with E-state index in [9.17, 15) is 4.79 Å². The van der Waals surface area contributed by atoms with Crippen molar-refractivity contribution >= 4 is 45.5 Å². The molecule has 0 bridgehead atoms. The fourth-order valence-corrected chi connectivity index (χ4v) is 2.85. The van der Waals surface area contributed by atoms with Gasteiger partial charge < -0.3 is 10.6 Å². The van der Waals surface area contributed by atoms with Gasteiger partial charge in [0.15, 0.2) is 4.34 Å². The van der Waals surface area contributed by atoms with Gasteiger partial charge >= 0.3 is 0 Å². The number of carbonyl (C=O) groups excluding carboxylic acids is 1. The van der Waals surface area contributed by atoms with Crippen LogP contribution in [0, 0.1) is 11.3 Å². The first-order valence-electron chi connectivity index (χ1n) is 5.65. The first kappa shape index (κ1) is 14.3. The number of carbonyl (C=O) groups is 1. The van der Waals surface area contributed by atoms with Crippen molar-refractivity contribution in [2.75, 3.05) is 16.4 Å². The van der Waals surface area contributed by atoms with Gasteiger partial charge in [0.1, 0.15) is 0 Å². The number of anilines is 3. The summed E-state index contributed by atoms with van der Waals surface area (Å²) in [5.74, 6) is 0.236. The Hall–Kier alpha value is -2.11. The number of aromatic nitrogens is 2. The highest BCUT2D eigenvalue weighted by Gasteiger charge is 2.05. The predicted octanol–water partition coefficient (Wildman–Crippen LogP) is 2.86. The van der Waals surface area contributed by atoms with Crippen molar-refractivity contribution in [3.63, 3.8) is 0 Å². The largest absolute Gasteiger partial charge is 0.330 e. The summed E-state index contributed by atoms with van der Waals surface area (Å²) in [5.41, 5.74) is 1.52. The summed E-state index contributed by atoms with van der Waals surface area (Å²) in [6.45, 7) is 1.46. The molecule has 0 aliphatic carbocycles. The van der Waals surface area contributed by atoms with Gasteiger partial charge in [-0.25, -0.2) is 0 Å². The molecule has 0 atom stereocenters. The van der Waals surface area contributed by atoms with Crippen molar-refractivity contribution in [1.82, 2.24) is 10.2 Å². The third-order valence-corrected chi connectivity index (χ3v) is 3.94. The van der Waals surface area contributed by atoms with Gasteiger partial charge in [-0.2, -0.15) is 5.26 Å². The third-order valence-electron chi connectivity index (χ3n) is 2.10. The minimum atomic E-state index is -0.117. The number of benzene rings is 1. The molecule has 0 aliphatic rings. The highest BCUT2D eigenvalue weighted by Crippen LogP contribution is 2.28. The number of amides is 1. The van der Waals surface area contributed by atoms with E-state index < -0.39 is 0 Å². The van der Waals surface area contributed by atoms with Gasteiger partial charge in [-0.1, -0.05) is 29.2 Å². The van der Waals surface area contributed by atoms with Gasteiger partial charge in [0.25, 0.3) is 0 Å². The maximum Gasteiger partial charge on any atom is 0.221 e. The zero-order chi connectivity index (χ0) is 14.4. The molecule has 1 amide bonds. The van der Waals surface area contributed by atoms with E-state index in [-0.39, 0.29) is 5.91 Å². The quantitative estimate of drug-likeness (QED) is 0.825. The predicted molar refractivity (Wildman–Crippen MR) is 80.3 cm³/mol. The second-order valence-electron chi connectivity index (χ2n) is 3.71. The van der Waals surface area contributed by atoms with Crippen LogP contribution in [0.15, 0.2) is 28.6 Å². The minimum Gasteiger partial charge on any atom is -0.330 e. The molecule has 6 nitrogen and oxygen atoms in total. The monoisotopic (exact) mass is 305 g/mol. The minimum absolute atomic E-state index is 0.117. The fraction of sp³-hybridized carbons (Fsp3) is 0.167. The lowest BCUT2D eigenvalue weighted by molar-refractivity contribution is -0.114. The van der Waals surface area contributed by atoms with Gasteiger partial charge in [-0.3, -0.25) is 4.79 Å². The van der Waals surface area contributed by atoms with Crippen LogP contribution in [0.4, 0.5) is 16.5 Å². The summed E-state index contributed by atoms with van der Waals surface area (Å²) in [6.07, 6.45) is 0. The van der Waals surface area contributed by atoms with E-state index in [2.05, 4.69) is 20.8 Å². The molecule has 2 aromatic rings. The Morgan fingerprint density at radius 1 is 1.45 bits per heavy atom. The zero-order valence-corrected chi connectivity index (χ0v) is 12.2. The van der Waals surface area contributed by atoms with Crippen LogP contribution in [-0.4, -0.2) is 21.9 Å². The van der Waals surface area contributed by atoms with Crippen LogP contribution in [0.3, 0.4) is 0 Å². The van der Waals surface area contributed by atoms with Crippen molar-refractivity contribution in [3.05, 3.63) is 24.3 Å². The van der Waals surface area contributed by atoms with Crippen LogP contribution < -0.4 is 10.6 Å². The van der Waals surface area contributed by atoms with Crippen molar-refractivity contribution in [2.24, 2.45) is 0 Å². The Morgan fingerprint density at radius 2 is 2.25 bits per heavy atom. The molecule has 1 aromatic carbocycles. The lowest BCUT2D eigenvalue weighted by atomic mass is 10.3. The first-order valence-corrected chi connectivity index (χ1v) is 7.45. The highest BCUT2D eigenvalue weighted by atomic mass is 32.2. The van der Waals surface area contributed by atoms with Crippen LogP contribution >= 0.6 is 23.1 Å².